The maximum absolute atomic E-state index is 13.8. The van der Waals surface area contributed by atoms with Crippen molar-refractivity contribution in [2.75, 3.05) is 25.5 Å². The lowest BCUT2D eigenvalue weighted by molar-refractivity contribution is -0.743. The maximum atomic E-state index is 13.8. The zero-order valence-electron chi connectivity index (χ0n) is 19.9. The number of alkyl halides is 3. The number of halogens is 4. The molecule has 1 aromatic carbocycles. The number of anilines is 1. The molecule has 0 bridgehead atoms. The molecule has 1 unspecified atom stereocenters. The lowest BCUT2D eigenvalue weighted by atomic mass is 9.97. The number of aromatic nitrogens is 2. The predicted molar refractivity (Wildman–Crippen MR) is 129 cm³/mol. The number of nitrogens with one attached hydrogen (secondary N) is 1. The van der Waals surface area contributed by atoms with Crippen LogP contribution in [0.4, 0.5) is 23.8 Å². The smallest absolute Gasteiger partial charge is 0.429 e. The molecule has 198 valence electrons. The highest BCUT2D eigenvalue weighted by atomic mass is 35.5. The number of imide groups is 1. The Balaban J connectivity index is 1.79. The van der Waals surface area contributed by atoms with Gasteiger partial charge in [-0.05, 0) is 23.8 Å². The number of quaternary nitrogens is 1. The van der Waals surface area contributed by atoms with Crippen molar-refractivity contribution < 1.29 is 41.5 Å². The summed E-state index contributed by atoms with van der Waals surface area (Å²) in [7, 11) is 1.41. The molecular weight excluding hydrogens is 529 g/mol. The van der Waals surface area contributed by atoms with Gasteiger partial charge in [-0.2, -0.15) is 17.7 Å². The van der Waals surface area contributed by atoms with E-state index in [2.05, 4.69) is 20.0 Å². The van der Waals surface area contributed by atoms with E-state index in [1.165, 1.54) is 13.2 Å². The lowest BCUT2D eigenvalue weighted by Gasteiger charge is -2.33. The molecule has 1 atom stereocenters. The first-order chi connectivity index (χ1) is 18.0. The van der Waals surface area contributed by atoms with E-state index in [9.17, 15) is 27.6 Å². The molecule has 0 saturated carbocycles. The number of carbonyl (C=O) groups excluding carboxylic acids is 3. The zero-order chi connectivity index (χ0) is 27.5. The normalized spacial score (nSPS) is 17.0. The van der Waals surface area contributed by atoms with Gasteiger partial charge in [0.1, 0.15) is 17.1 Å². The number of hydrogen-bond acceptors (Lipinski definition) is 7. The molecule has 38 heavy (non-hydrogen) atoms. The van der Waals surface area contributed by atoms with E-state index >= 15 is 0 Å². The molecule has 0 radical (unpaired) electrons. The minimum atomic E-state index is -4.64. The number of nitrogens with zero attached hydrogens (tertiary/aromatic N) is 3. The first-order valence-electron chi connectivity index (χ1n) is 11.3. The van der Waals surface area contributed by atoms with Gasteiger partial charge in [-0.3, -0.25) is 15.1 Å². The van der Waals surface area contributed by atoms with Crippen molar-refractivity contribution in [3.63, 3.8) is 0 Å². The van der Waals surface area contributed by atoms with E-state index in [0.29, 0.717) is 22.3 Å². The van der Waals surface area contributed by atoms with Crippen LogP contribution in [0.2, 0.25) is 5.02 Å². The molecular formula is C25H21ClF3N4O5+. The van der Waals surface area contributed by atoms with Crippen LogP contribution in [0.1, 0.15) is 33.5 Å². The molecule has 0 spiro atoms. The second-order valence-electron chi connectivity index (χ2n) is 8.61. The summed E-state index contributed by atoms with van der Waals surface area (Å²) < 4.78 is 49.4. The molecule has 13 heteroatoms. The summed E-state index contributed by atoms with van der Waals surface area (Å²) in [5, 5.41) is 3.12. The summed E-state index contributed by atoms with van der Waals surface area (Å²) in [6.45, 7) is 0.293. The summed E-state index contributed by atoms with van der Waals surface area (Å²) in [5.74, 6) is -0.799. The van der Waals surface area contributed by atoms with Crippen LogP contribution < -0.4 is 10.1 Å². The number of urea groups is 1. The summed E-state index contributed by atoms with van der Waals surface area (Å²) in [4.78, 5) is 44.9. The third-order valence-corrected chi connectivity index (χ3v) is 6.23. The van der Waals surface area contributed by atoms with Crippen LogP contribution in [-0.2, 0) is 22.1 Å². The van der Waals surface area contributed by atoms with Crippen molar-refractivity contribution in [1.82, 2.24) is 9.97 Å². The van der Waals surface area contributed by atoms with Crippen LogP contribution >= 0.6 is 11.6 Å². The second kappa shape index (κ2) is 10.8. The minimum absolute atomic E-state index is 0.00165. The SMILES string of the molecule is C[N+]1(CCCOC=O)C(=O)Nc2ncc(Oc3cncc(C(F)(F)F)c3)c(Cc3ccc(Cl)cc3)c2C1=O. The fourth-order valence-corrected chi connectivity index (χ4v) is 4.09. The molecule has 0 aliphatic carbocycles. The van der Waals surface area contributed by atoms with Gasteiger partial charge in [-0.1, -0.05) is 23.7 Å². The number of hydrogen-bond donors (Lipinski definition) is 1. The Bertz CT molecular complexity index is 1380. The Morgan fingerprint density at radius 2 is 1.87 bits per heavy atom. The van der Waals surface area contributed by atoms with Crippen molar-refractivity contribution in [3.8, 4) is 11.5 Å². The molecule has 4 rings (SSSR count). The number of amides is 3. The van der Waals surface area contributed by atoms with E-state index in [1.54, 1.807) is 24.3 Å². The highest BCUT2D eigenvalue weighted by Gasteiger charge is 2.48. The third-order valence-electron chi connectivity index (χ3n) is 5.98. The number of carbonyl (C=O) groups is 3. The number of ether oxygens (including phenoxy) is 2. The fourth-order valence-electron chi connectivity index (χ4n) is 3.96. The van der Waals surface area contributed by atoms with Crippen LogP contribution in [0.3, 0.4) is 0 Å². The Morgan fingerprint density at radius 3 is 2.55 bits per heavy atom. The first kappa shape index (κ1) is 27.0. The first-order valence-corrected chi connectivity index (χ1v) is 11.6. The van der Waals surface area contributed by atoms with Crippen LogP contribution in [-0.4, -0.2) is 53.1 Å². The third kappa shape index (κ3) is 5.60. The monoisotopic (exact) mass is 549 g/mol. The molecule has 3 heterocycles. The van der Waals surface area contributed by atoms with Gasteiger partial charge in [0.05, 0.1) is 38.2 Å². The molecule has 1 aliphatic rings. The van der Waals surface area contributed by atoms with Crippen LogP contribution in [0.15, 0.2) is 48.9 Å². The Kier molecular flexibility index (Phi) is 7.65. The van der Waals surface area contributed by atoms with Gasteiger partial charge >= 0.3 is 18.1 Å². The highest BCUT2D eigenvalue weighted by Crippen LogP contribution is 2.38. The molecule has 0 saturated heterocycles. The maximum Gasteiger partial charge on any atom is 0.429 e. The van der Waals surface area contributed by atoms with E-state index < -0.39 is 28.2 Å². The van der Waals surface area contributed by atoms with Crippen LogP contribution in [0.25, 0.3) is 0 Å². The van der Waals surface area contributed by atoms with Crippen molar-refractivity contribution in [3.05, 3.63) is 76.2 Å². The number of benzene rings is 1. The Morgan fingerprint density at radius 1 is 1.13 bits per heavy atom. The van der Waals surface area contributed by atoms with E-state index in [1.807, 2.05) is 0 Å². The lowest BCUT2D eigenvalue weighted by Crippen LogP contribution is -2.59. The topological polar surface area (TPSA) is 107 Å². The molecule has 3 aromatic rings. The van der Waals surface area contributed by atoms with Gasteiger partial charge in [0, 0.05) is 29.6 Å². The van der Waals surface area contributed by atoms with Crippen molar-refractivity contribution in [1.29, 1.82) is 0 Å². The standard InChI is InChI=1S/C25H20ClF3N4O5/c1-33(7-2-8-37-14-34)23(35)21-19(9-15-3-5-17(26)6-4-15)20(13-31-22(21)32-24(33)36)38-18-10-16(11-30-12-18)25(27,28)29/h3-6,10-14H,2,7-9H2,1H3/p+1. The van der Waals surface area contributed by atoms with Crippen LogP contribution in [0, 0.1) is 0 Å². The molecule has 1 N–H and O–H groups in total. The Labute approximate surface area is 219 Å². The van der Waals surface area contributed by atoms with E-state index in [-0.39, 0.29) is 55.3 Å². The van der Waals surface area contributed by atoms with Gasteiger partial charge in [-0.15, -0.1) is 0 Å². The average Bonchev–Trinajstić information content (AvgIpc) is 2.88. The second-order valence-corrected chi connectivity index (χ2v) is 9.04. The van der Waals surface area contributed by atoms with Gasteiger partial charge < -0.3 is 9.47 Å². The summed E-state index contributed by atoms with van der Waals surface area (Å²) in [5.41, 5.74) is 0.0578. The predicted octanol–water partition coefficient (Wildman–Crippen LogP) is 5.23. The number of rotatable bonds is 9. The van der Waals surface area contributed by atoms with Crippen molar-refractivity contribution in [2.45, 2.75) is 19.0 Å². The molecule has 0 fully saturated rings. The van der Waals surface area contributed by atoms with Gasteiger partial charge in [0.2, 0.25) is 0 Å². The molecule has 9 nitrogen and oxygen atoms in total. The van der Waals surface area contributed by atoms with E-state index in [0.717, 1.165) is 12.3 Å². The average molecular weight is 550 g/mol. The summed E-state index contributed by atoms with van der Waals surface area (Å²) in [6.07, 6.45) is -1.30. The largest absolute Gasteiger partial charge is 0.468 e. The van der Waals surface area contributed by atoms with Gasteiger partial charge in [-0.25, -0.2) is 14.6 Å². The van der Waals surface area contributed by atoms with E-state index in [4.69, 9.17) is 16.3 Å². The molecule has 2 aromatic heterocycles. The quantitative estimate of drug-likeness (QED) is 0.221. The number of pyridine rings is 2. The number of fused-ring (bicyclic) bond motifs is 1. The minimum Gasteiger partial charge on any atom is -0.468 e. The van der Waals surface area contributed by atoms with Gasteiger partial charge in [0.25, 0.3) is 6.47 Å². The van der Waals surface area contributed by atoms with Crippen molar-refractivity contribution >= 4 is 35.8 Å². The highest BCUT2D eigenvalue weighted by molar-refractivity contribution is 6.30. The van der Waals surface area contributed by atoms with Gasteiger partial charge in [0.15, 0.2) is 5.82 Å². The summed E-state index contributed by atoms with van der Waals surface area (Å²) >= 11 is 6.00. The fraction of sp³-hybridized carbons (Fsp3) is 0.240. The summed E-state index contributed by atoms with van der Waals surface area (Å²) in [6, 6.07) is 6.91. The molecule has 1 aliphatic heterocycles. The zero-order valence-corrected chi connectivity index (χ0v) is 20.7. The van der Waals surface area contributed by atoms with Crippen LogP contribution in [0.5, 0.6) is 11.5 Å². The Hall–Kier alpha value is -4.03. The molecule has 3 amide bonds. The van der Waals surface area contributed by atoms with Crippen molar-refractivity contribution in [2.24, 2.45) is 0 Å².